The molecule has 1 unspecified atom stereocenters. The molecule has 4 heteroatoms. The number of likely N-dealkylation sites (tertiary alicyclic amines) is 1. The van der Waals surface area contributed by atoms with Crippen LogP contribution in [0.15, 0.2) is 0 Å². The number of ether oxygens (including phenoxy) is 1. The molecule has 110 valence electrons. The molecule has 4 nitrogen and oxygen atoms in total. The van der Waals surface area contributed by atoms with E-state index in [1.54, 1.807) is 11.8 Å². The Hall–Kier alpha value is -1.06. The van der Waals surface area contributed by atoms with Gasteiger partial charge in [-0.05, 0) is 46.0 Å². The summed E-state index contributed by atoms with van der Waals surface area (Å²) < 4.78 is 5.46. The largest absolute Gasteiger partial charge is 0.444 e. The van der Waals surface area contributed by atoms with E-state index in [2.05, 4.69) is 13.8 Å². The van der Waals surface area contributed by atoms with E-state index in [1.807, 2.05) is 20.8 Å². The minimum atomic E-state index is -0.501. The molecule has 0 aromatic rings. The minimum Gasteiger partial charge on any atom is -0.444 e. The standard InChI is InChI=1S/C15H27NO3/c1-11(17)9-12-7-8-15(5,6)10-16(12)13(18)19-14(2,3)4/h12H,7-10H2,1-6H3. The van der Waals surface area contributed by atoms with Gasteiger partial charge in [-0.1, -0.05) is 13.8 Å². The third kappa shape index (κ3) is 5.21. The average Bonchev–Trinajstić information content (AvgIpc) is 2.17. The van der Waals surface area contributed by atoms with Gasteiger partial charge in [0.1, 0.15) is 11.4 Å². The highest BCUT2D eigenvalue weighted by Crippen LogP contribution is 2.34. The van der Waals surface area contributed by atoms with Crippen LogP contribution in [-0.2, 0) is 9.53 Å². The van der Waals surface area contributed by atoms with Crippen LogP contribution in [0.3, 0.4) is 0 Å². The first-order valence-corrected chi connectivity index (χ1v) is 6.99. The molecule has 1 heterocycles. The second-order valence-electron chi connectivity index (χ2n) is 7.37. The SMILES string of the molecule is CC(=O)CC1CCC(C)(C)CN1C(=O)OC(C)(C)C. The Bertz CT molecular complexity index is 355. The van der Waals surface area contributed by atoms with E-state index in [0.29, 0.717) is 13.0 Å². The van der Waals surface area contributed by atoms with Gasteiger partial charge in [-0.2, -0.15) is 0 Å². The highest BCUT2D eigenvalue weighted by molar-refractivity contribution is 5.77. The van der Waals surface area contributed by atoms with Crippen LogP contribution in [0.1, 0.15) is 60.8 Å². The van der Waals surface area contributed by atoms with Crippen molar-refractivity contribution < 1.29 is 14.3 Å². The van der Waals surface area contributed by atoms with Crippen LogP contribution in [0.5, 0.6) is 0 Å². The van der Waals surface area contributed by atoms with Gasteiger partial charge in [0.25, 0.3) is 0 Å². The molecule has 0 bridgehead atoms. The summed E-state index contributed by atoms with van der Waals surface area (Å²) in [4.78, 5) is 25.4. The summed E-state index contributed by atoms with van der Waals surface area (Å²) in [5.74, 6) is 0.123. The molecule has 0 radical (unpaired) electrons. The fraction of sp³-hybridized carbons (Fsp3) is 0.867. The monoisotopic (exact) mass is 269 g/mol. The Morgan fingerprint density at radius 2 is 1.89 bits per heavy atom. The van der Waals surface area contributed by atoms with Crippen LogP contribution in [0.2, 0.25) is 0 Å². The Balaban J connectivity index is 2.81. The molecule has 1 rings (SSSR count). The molecule has 0 aromatic carbocycles. The Morgan fingerprint density at radius 1 is 1.32 bits per heavy atom. The zero-order valence-electron chi connectivity index (χ0n) is 13.1. The quantitative estimate of drug-likeness (QED) is 0.772. The maximum Gasteiger partial charge on any atom is 0.410 e. The van der Waals surface area contributed by atoms with E-state index < -0.39 is 5.60 Å². The molecular weight excluding hydrogens is 242 g/mol. The van der Waals surface area contributed by atoms with E-state index in [0.717, 1.165) is 12.8 Å². The molecule has 0 saturated carbocycles. The van der Waals surface area contributed by atoms with Crippen molar-refractivity contribution in [1.29, 1.82) is 0 Å². The number of nitrogens with zero attached hydrogens (tertiary/aromatic N) is 1. The molecule has 0 spiro atoms. The number of carbonyl (C=O) groups excluding carboxylic acids is 2. The van der Waals surface area contributed by atoms with Gasteiger partial charge in [-0.15, -0.1) is 0 Å². The number of carbonyl (C=O) groups is 2. The first kappa shape index (κ1) is 16.0. The van der Waals surface area contributed by atoms with E-state index in [4.69, 9.17) is 4.74 Å². The topological polar surface area (TPSA) is 46.6 Å². The molecule has 1 atom stereocenters. The summed E-state index contributed by atoms with van der Waals surface area (Å²) in [5, 5.41) is 0. The zero-order chi connectivity index (χ0) is 14.8. The fourth-order valence-corrected chi connectivity index (χ4v) is 2.46. The van der Waals surface area contributed by atoms with Crippen molar-refractivity contribution in [3.8, 4) is 0 Å². The van der Waals surface area contributed by atoms with Crippen LogP contribution in [0.4, 0.5) is 4.79 Å². The molecule has 0 aromatic heterocycles. The Labute approximate surface area is 116 Å². The van der Waals surface area contributed by atoms with E-state index >= 15 is 0 Å². The number of Topliss-reactive ketones (excluding diaryl/α,β-unsaturated/α-hetero) is 1. The first-order valence-electron chi connectivity index (χ1n) is 6.99. The van der Waals surface area contributed by atoms with Gasteiger partial charge in [0.2, 0.25) is 0 Å². The number of rotatable bonds is 2. The van der Waals surface area contributed by atoms with E-state index in [1.165, 1.54) is 0 Å². The second-order valence-corrected chi connectivity index (χ2v) is 7.37. The molecule has 1 amide bonds. The summed E-state index contributed by atoms with van der Waals surface area (Å²) in [6, 6.07) is -0.0135. The van der Waals surface area contributed by atoms with Gasteiger partial charge in [-0.25, -0.2) is 4.79 Å². The first-order chi connectivity index (χ1) is 8.50. The molecule has 1 saturated heterocycles. The van der Waals surface area contributed by atoms with Gasteiger partial charge in [0, 0.05) is 19.0 Å². The lowest BCUT2D eigenvalue weighted by Crippen LogP contribution is -2.51. The normalized spacial score (nSPS) is 23.1. The summed E-state index contributed by atoms with van der Waals surface area (Å²) in [6.07, 6.45) is 2.03. The number of piperidine rings is 1. The fourth-order valence-electron chi connectivity index (χ4n) is 2.46. The number of amides is 1. The predicted molar refractivity (Wildman–Crippen MR) is 75.0 cm³/mol. The van der Waals surface area contributed by atoms with Crippen molar-refractivity contribution in [3.05, 3.63) is 0 Å². The zero-order valence-corrected chi connectivity index (χ0v) is 13.1. The van der Waals surface area contributed by atoms with Gasteiger partial charge < -0.3 is 9.64 Å². The lowest BCUT2D eigenvalue weighted by Gasteiger charge is -2.43. The van der Waals surface area contributed by atoms with Crippen molar-refractivity contribution in [2.24, 2.45) is 5.41 Å². The lowest BCUT2D eigenvalue weighted by molar-refractivity contribution is -0.118. The number of hydrogen-bond donors (Lipinski definition) is 0. The second kappa shape index (κ2) is 5.51. The van der Waals surface area contributed by atoms with Crippen molar-refractivity contribution >= 4 is 11.9 Å². The average molecular weight is 269 g/mol. The third-order valence-corrected chi connectivity index (χ3v) is 3.34. The van der Waals surface area contributed by atoms with Gasteiger partial charge >= 0.3 is 6.09 Å². The molecule has 1 aliphatic rings. The van der Waals surface area contributed by atoms with Crippen molar-refractivity contribution in [2.75, 3.05) is 6.54 Å². The van der Waals surface area contributed by atoms with Crippen molar-refractivity contribution in [2.45, 2.75) is 72.4 Å². The maximum atomic E-state index is 12.3. The van der Waals surface area contributed by atoms with Crippen LogP contribution in [0, 0.1) is 5.41 Å². The molecule has 1 aliphatic heterocycles. The van der Waals surface area contributed by atoms with Crippen LogP contribution < -0.4 is 0 Å². The summed E-state index contributed by atoms with van der Waals surface area (Å²) in [6.45, 7) is 12.1. The summed E-state index contributed by atoms with van der Waals surface area (Å²) in [7, 11) is 0. The minimum absolute atomic E-state index is 0.0135. The van der Waals surface area contributed by atoms with Gasteiger partial charge in [0.15, 0.2) is 0 Å². The van der Waals surface area contributed by atoms with Gasteiger partial charge in [0.05, 0.1) is 0 Å². The Kier molecular flexibility index (Phi) is 4.64. The number of hydrogen-bond acceptors (Lipinski definition) is 3. The highest BCUT2D eigenvalue weighted by Gasteiger charge is 2.38. The molecule has 0 N–H and O–H groups in total. The molecule has 19 heavy (non-hydrogen) atoms. The van der Waals surface area contributed by atoms with E-state index in [-0.39, 0.29) is 23.3 Å². The third-order valence-electron chi connectivity index (χ3n) is 3.34. The molecule has 0 aliphatic carbocycles. The van der Waals surface area contributed by atoms with Crippen molar-refractivity contribution in [3.63, 3.8) is 0 Å². The summed E-state index contributed by atoms with van der Waals surface area (Å²) >= 11 is 0. The van der Waals surface area contributed by atoms with Crippen LogP contribution in [-0.4, -0.2) is 35.0 Å². The molecule has 1 fully saturated rings. The lowest BCUT2D eigenvalue weighted by atomic mass is 9.80. The Morgan fingerprint density at radius 3 is 2.37 bits per heavy atom. The van der Waals surface area contributed by atoms with Gasteiger partial charge in [-0.3, -0.25) is 4.79 Å². The smallest absolute Gasteiger partial charge is 0.410 e. The molecular formula is C15H27NO3. The van der Waals surface area contributed by atoms with Crippen LogP contribution in [0.25, 0.3) is 0 Å². The predicted octanol–water partition coefficient (Wildman–Crippen LogP) is 3.39. The highest BCUT2D eigenvalue weighted by atomic mass is 16.6. The van der Waals surface area contributed by atoms with E-state index in [9.17, 15) is 9.59 Å². The number of ketones is 1. The van der Waals surface area contributed by atoms with Crippen molar-refractivity contribution in [1.82, 2.24) is 4.90 Å². The van der Waals surface area contributed by atoms with Crippen LogP contribution >= 0.6 is 0 Å². The summed E-state index contributed by atoms with van der Waals surface area (Å²) in [5.41, 5.74) is -0.413. The maximum absolute atomic E-state index is 12.3.